The number of fused-ring (bicyclic) bond motifs is 1. The van der Waals surface area contributed by atoms with Gasteiger partial charge in [-0.05, 0) is 56.7 Å². The van der Waals surface area contributed by atoms with Crippen LogP contribution in [-0.4, -0.2) is 36.2 Å². The maximum Gasteiger partial charge on any atom is 0.121 e. The molecule has 0 radical (unpaired) electrons. The van der Waals surface area contributed by atoms with Crippen LogP contribution in [0.4, 0.5) is 5.69 Å². The second-order valence-corrected chi connectivity index (χ2v) is 8.21. The Hall–Kier alpha value is -1.23. The van der Waals surface area contributed by atoms with E-state index in [-0.39, 0.29) is 6.10 Å². The fraction of sp³-hybridized carbons (Fsp3) is 0.600. The molecule has 4 rings (SSSR count). The molecule has 5 atom stereocenters. The molecule has 0 amide bonds. The molecule has 2 fully saturated rings. The van der Waals surface area contributed by atoms with Gasteiger partial charge in [0.1, 0.15) is 11.9 Å². The van der Waals surface area contributed by atoms with E-state index in [1.165, 1.54) is 19.3 Å². The highest BCUT2D eigenvalue weighted by molar-refractivity contribution is 6.33. The topological polar surface area (TPSA) is 64.5 Å². The first-order valence-electron chi connectivity index (χ1n) is 9.50. The van der Waals surface area contributed by atoms with Gasteiger partial charge in [-0.15, -0.1) is 0 Å². The molecule has 1 saturated carbocycles. The molecule has 0 aromatic heterocycles. The Bertz CT molecular complexity index is 650. The minimum Gasteiger partial charge on any atom is -0.488 e. The molecule has 1 saturated heterocycles. The van der Waals surface area contributed by atoms with Gasteiger partial charge in [0.25, 0.3) is 0 Å². The Balaban J connectivity index is 1.58. The molecular formula is C20H28ClN3O. The summed E-state index contributed by atoms with van der Waals surface area (Å²) in [7, 11) is 0. The molecule has 4 N–H and O–H groups in total. The van der Waals surface area contributed by atoms with Gasteiger partial charge in [-0.2, -0.15) is 0 Å². The van der Waals surface area contributed by atoms with Crippen LogP contribution in [-0.2, 0) is 0 Å². The number of nitrogens with two attached hydrogens (primary N) is 2. The molecular weight excluding hydrogens is 334 g/mol. The van der Waals surface area contributed by atoms with Gasteiger partial charge >= 0.3 is 0 Å². The lowest BCUT2D eigenvalue weighted by Gasteiger charge is -2.39. The van der Waals surface area contributed by atoms with Crippen molar-refractivity contribution in [3.63, 3.8) is 0 Å². The summed E-state index contributed by atoms with van der Waals surface area (Å²) >= 11 is 6.20. The van der Waals surface area contributed by atoms with Crippen molar-refractivity contribution >= 4 is 17.3 Å². The van der Waals surface area contributed by atoms with E-state index >= 15 is 0 Å². The van der Waals surface area contributed by atoms with Gasteiger partial charge in [0.05, 0.1) is 10.7 Å². The molecule has 2 aliphatic carbocycles. The molecule has 5 heteroatoms. The fourth-order valence-electron chi connectivity index (χ4n) is 4.88. The summed E-state index contributed by atoms with van der Waals surface area (Å²) in [6, 6.07) is 6.34. The third-order valence-electron chi connectivity index (χ3n) is 6.12. The number of benzene rings is 1. The molecule has 1 heterocycles. The Morgan fingerprint density at radius 1 is 1.24 bits per heavy atom. The summed E-state index contributed by atoms with van der Waals surface area (Å²) in [5.74, 6) is 2.02. The summed E-state index contributed by atoms with van der Waals surface area (Å²) < 4.78 is 6.53. The van der Waals surface area contributed by atoms with Gasteiger partial charge in [-0.3, -0.25) is 4.90 Å². The number of rotatable bonds is 3. The highest BCUT2D eigenvalue weighted by Gasteiger charge is 2.47. The Labute approximate surface area is 155 Å². The Morgan fingerprint density at radius 3 is 2.92 bits per heavy atom. The summed E-state index contributed by atoms with van der Waals surface area (Å²) in [6.45, 7) is 2.11. The molecule has 3 aliphatic rings. The zero-order valence-electron chi connectivity index (χ0n) is 14.6. The number of piperidine rings is 1. The lowest BCUT2D eigenvalue weighted by molar-refractivity contribution is 0.0459. The average Bonchev–Trinajstić information content (AvgIpc) is 2.97. The van der Waals surface area contributed by atoms with Crippen LogP contribution in [0.1, 0.15) is 32.1 Å². The number of nitrogen functional groups attached to an aromatic ring is 1. The lowest BCUT2D eigenvalue weighted by Crippen LogP contribution is -2.52. The summed E-state index contributed by atoms with van der Waals surface area (Å²) in [4.78, 5) is 2.57. The first-order valence-corrected chi connectivity index (χ1v) is 9.87. The van der Waals surface area contributed by atoms with Gasteiger partial charge < -0.3 is 16.2 Å². The molecule has 1 aromatic rings. The van der Waals surface area contributed by atoms with E-state index in [1.54, 1.807) is 0 Å². The number of halogens is 1. The van der Waals surface area contributed by atoms with Gasteiger partial charge in [0.2, 0.25) is 0 Å². The zero-order chi connectivity index (χ0) is 17.4. The van der Waals surface area contributed by atoms with Crippen molar-refractivity contribution in [2.24, 2.45) is 17.6 Å². The molecule has 1 aromatic carbocycles. The lowest BCUT2D eigenvalue weighted by atomic mass is 9.86. The minimum atomic E-state index is 0.194. The Kier molecular flexibility index (Phi) is 4.94. The van der Waals surface area contributed by atoms with Crippen molar-refractivity contribution in [3.05, 3.63) is 35.4 Å². The molecule has 3 unspecified atom stereocenters. The van der Waals surface area contributed by atoms with Crippen LogP contribution in [0.5, 0.6) is 5.75 Å². The highest BCUT2D eigenvalue weighted by Crippen LogP contribution is 2.44. The number of allylic oxidation sites excluding steroid dienone is 2. The zero-order valence-corrected chi connectivity index (χ0v) is 15.4. The second-order valence-electron chi connectivity index (χ2n) is 7.80. The minimum absolute atomic E-state index is 0.194. The number of ether oxygens (including phenoxy) is 1. The van der Waals surface area contributed by atoms with Crippen molar-refractivity contribution in [2.45, 2.75) is 50.3 Å². The van der Waals surface area contributed by atoms with Gasteiger partial charge in [-0.25, -0.2) is 0 Å². The van der Waals surface area contributed by atoms with E-state index < -0.39 is 0 Å². The van der Waals surface area contributed by atoms with Crippen molar-refractivity contribution in [3.8, 4) is 5.75 Å². The monoisotopic (exact) mass is 361 g/mol. The third kappa shape index (κ3) is 3.53. The van der Waals surface area contributed by atoms with Crippen molar-refractivity contribution in [2.75, 3.05) is 18.8 Å². The van der Waals surface area contributed by atoms with E-state index in [4.69, 9.17) is 27.8 Å². The van der Waals surface area contributed by atoms with Crippen molar-refractivity contribution in [1.82, 2.24) is 4.90 Å². The van der Waals surface area contributed by atoms with Crippen LogP contribution >= 0.6 is 11.6 Å². The van der Waals surface area contributed by atoms with E-state index in [0.29, 0.717) is 34.6 Å². The summed E-state index contributed by atoms with van der Waals surface area (Å²) in [5, 5.41) is 0.562. The smallest absolute Gasteiger partial charge is 0.121 e. The number of anilines is 1. The van der Waals surface area contributed by atoms with Crippen molar-refractivity contribution in [1.29, 1.82) is 0 Å². The average molecular weight is 362 g/mol. The van der Waals surface area contributed by atoms with Crippen LogP contribution in [0.3, 0.4) is 0 Å². The Morgan fingerprint density at radius 2 is 2.12 bits per heavy atom. The maximum atomic E-state index is 6.53. The maximum absolute atomic E-state index is 6.53. The van der Waals surface area contributed by atoms with Crippen LogP contribution in [0, 0.1) is 11.8 Å². The number of nitrogens with zero attached hydrogens (tertiary/aromatic N) is 1. The highest BCUT2D eigenvalue weighted by atomic mass is 35.5. The van der Waals surface area contributed by atoms with E-state index in [2.05, 4.69) is 17.1 Å². The van der Waals surface area contributed by atoms with Gasteiger partial charge in [0.15, 0.2) is 0 Å². The predicted octanol–water partition coefficient (Wildman–Crippen LogP) is 3.45. The summed E-state index contributed by atoms with van der Waals surface area (Å²) in [5.41, 5.74) is 12.7. The molecule has 0 bridgehead atoms. The van der Waals surface area contributed by atoms with Gasteiger partial charge in [0, 0.05) is 30.6 Å². The molecule has 1 aliphatic heterocycles. The quantitative estimate of drug-likeness (QED) is 0.639. The van der Waals surface area contributed by atoms with Crippen LogP contribution in [0.2, 0.25) is 5.02 Å². The number of hydrogen-bond donors (Lipinski definition) is 2. The standard InChI is InChI=1S/C20H28ClN3O/c21-17-11-15(7-8-18(17)23)25-20-16-6-2-1-4-13(16)10-19(20)24-9-3-5-14(22)12-24/h1,4,7-8,11,13-14,16,19-20H,2-3,5-6,9-10,12,22-23H2/t13?,14?,16?,19-,20-/m1/s1. The normalized spacial score (nSPS) is 35.5. The largest absolute Gasteiger partial charge is 0.488 e. The predicted molar refractivity (Wildman–Crippen MR) is 103 cm³/mol. The molecule has 4 nitrogen and oxygen atoms in total. The molecule has 25 heavy (non-hydrogen) atoms. The van der Waals surface area contributed by atoms with E-state index in [1.807, 2.05) is 18.2 Å². The molecule has 136 valence electrons. The third-order valence-corrected chi connectivity index (χ3v) is 6.44. The first kappa shape index (κ1) is 17.2. The molecule has 0 spiro atoms. The van der Waals surface area contributed by atoms with Crippen molar-refractivity contribution < 1.29 is 4.74 Å². The second kappa shape index (κ2) is 7.18. The number of likely N-dealkylation sites (tertiary alicyclic amines) is 1. The SMILES string of the molecule is Nc1ccc(O[C@@H]2C3CCC=CC3C[C@H]2N2CCCC(N)C2)cc1Cl. The van der Waals surface area contributed by atoms with Crippen LogP contribution < -0.4 is 16.2 Å². The van der Waals surface area contributed by atoms with Gasteiger partial charge in [-0.1, -0.05) is 23.8 Å². The van der Waals surface area contributed by atoms with E-state index in [0.717, 1.165) is 31.7 Å². The fourth-order valence-corrected chi connectivity index (χ4v) is 5.05. The van der Waals surface area contributed by atoms with E-state index in [9.17, 15) is 0 Å². The van der Waals surface area contributed by atoms with Crippen LogP contribution in [0.15, 0.2) is 30.4 Å². The summed E-state index contributed by atoms with van der Waals surface area (Å²) in [6.07, 6.45) is 10.8. The number of hydrogen-bond acceptors (Lipinski definition) is 4. The van der Waals surface area contributed by atoms with Crippen LogP contribution in [0.25, 0.3) is 0 Å². The first-order chi connectivity index (χ1) is 12.1.